The average Bonchev–Trinajstić information content (AvgIpc) is 2.43. The van der Waals surface area contributed by atoms with Crippen LogP contribution in [0.5, 0.6) is 0 Å². The summed E-state index contributed by atoms with van der Waals surface area (Å²) in [5.41, 5.74) is 1.30. The van der Waals surface area contributed by atoms with E-state index in [2.05, 4.69) is 15.4 Å². The van der Waals surface area contributed by atoms with E-state index in [0.717, 1.165) is 5.56 Å². The van der Waals surface area contributed by atoms with Gasteiger partial charge < -0.3 is 15.4 Å². The molecule has 2 N–H and O–H groups in total. The predicted molar refractivity (Wildman–Crippen MR) is 72.9 cm³/mol. The van der Waals surface area contributed by atoms with Gasteiger partial charge in [0.15, 0.2) is 0 Å². The van der Waals surface area contributed by atoms with E-state index in [1.54, 1.807) is 31.2 Å². The summed E-state index contributed by atoms with van der Waals surface area (Å²) in [6.45, 7) is 3.29. The number of benzene rings is 1. The van der Waals surface area contributed by atoms with E-state index >= 15 is 0 Å². The van der Waals surface area contributed by atoms with E-state index in [1.165, 1.54) is 14.0 Å². The third-order valence-electron chi connectivity index (χ3n) is 2.65. The molecular weight excluding hydrogens is 260 g/mol. The van der Waals surface area contributed by atoms with Gasteiger partial charge in [0.1, 0.15) is 6.04 Å². The van der Waals surface area contributed by atoms with Gasteiger partial charge in [0, 0.05) is 13.5 Å². The monoisotopic (exact) mass is 278 g/mol. The first-order valence-electron chi connectivity index (χ1n) is 6.16. The highest BCUT2D eigenvalue weighted by Gasteiger charge is 2.13. The van der Waals surface area contributed by atoms with Crippen molar-refractivity contribution in [3.05, 3.63) is 35.4 Å². The number of ether oxygens (including phenoxy) is 1. The first-order chi connectivity index (χ1) is 9.43. The van der Waals surface area contributed by atoms with Crippen molar-refractivity contribution in [1.29, 1.82) is 0 Å². The molecule has 1 aromatic rings. The third-order valence-corrected chi connectivity index (χ3v) is 2.65. The molecular formula is C14H18N2O4. The van der Waals surface area contributed by atoms with Crippen LogP contribution in [-0.2, 0) is 20.9 Å². The Balaban J connectivity index is 2.51. The van der Waals surface area contributed by atoms with Crippen LogP contribution in [-0.4, -0.2) is 30.9 Å². The molecule has 1 unspecified atom stereocenters. The maximum absolute atomic E-state index is 11.7. The summed E-state index contributed by atoms with van der Waals surface area (Å²) in [7, 11) is 1.32. The number of amides is 2. The van der Waals surface area contributed by atoms with Crippen LogP contribution in [0.15, 0.2) is 24.3 Å². The molecule has 1 atom stereocenters. The summed E-state index contributed by atoms with van der Waals surface area (Å²) in [5.74, 6) is -0.924. The third kappa shape index (κ3) is 4.72. The maximum atomic E-state index is 11.7. The molecule has 1 rings (SSSR count). The summed E-state index contributed by atoms with van der Waals surface area (Å²) in [5, 5.41) is 5.20. The van der Waals surface area contributed by atoms with E-state index < -0.39 is 12.0 Å². The second-order valence-electron chi connectivity index (χ2n) is 4.33. The summed E-state index contributed by atoms with van der Waals surface area (Å²) in [4.78, 5) is 33.8. The van der Waals surface area contributed by atoms with Gasteiger partial charge in [0.05, 0.1) is 12.7 Å². The van der Waals surface area contributed by atoms with Gasteiger partial charge in [-0.25, -0.2) is 4.79 Å². The summed E-state index contributed by atoms with van der Waals surface area (Å²) in [6.07, 6.45) is 0. The van der Waals surface area contributed by atoms with Gasteiger partial charge in [0.25, 0.3) is 0 Å². The minimum absolute atomic E-state index is 0.255. The van der Waals surface area contributed by atoms with E-state index in [-0.39, 0.29) is 11.8 Å². The Morgan fingerprint density at radius 3 is 2.30 bits per heavy atom. The molecule has 0 aliphatic carbocycles. The van der Waals surface area contributed by atoms with E-state index in [0.29, 0.717) is 12.1 Å². The summed E-state index contributed by atoms with van der Waals surface area (Å²) >= 11 is 0. The van der Waals surface area contributed by atoms with Gasteiger partial charge in [-0.2, -0.15) is 0 Å². The number of carbonyl (C=O) groups excluding carboxylic acids is 3. The molecule has 0 fully saturated rings. The van der Waals surface area contributed by atoms with Crippen molar-refractivity contribution in [1.82, 2.24) is 10.6 Å². The number of rotatable bonds is 5. The van der Waals surface area contributed by atoms with Crippen LogP contribution in [0, 0.1) is 0 Å². The van der Waals surface area contributed by atoms with Gasteiger partial charge in [0.2, 0.25) is 11.8 Å². The minimum Gasteiger partial charge on any atom is -0.465 e. The number of esters is 1. The fraction of sp³-hybridized carbons (Fsp3) is 0.357. The van der Waals surface area contributed by atoms with Crippen molar-refractivity contribution in [3.63, 3.8) is 0 Å². The maximum Gasteiger partial charge on any atom is 0.337 e. The predicted octanol–water partition coefficient (Wildman–Crippen LogP) is 0.614. The highest BCUT2D eigenvalue weighted by atomic mass is 16.5. The van der Waals surface area contributed by atoms with Crippen LogP contribution in [0.25, 0.3) is 0 Å². The zero-order valence-electron chi connectivity index (χ0n) is 11.7. The molecule has 6 nitrogen and oxygen atoms in total. The number of hydrogen-bond donors (Lipinski definition) is 2. The first-order valence-corrected chi connectivity index (χ1v) is 6.16. The average molecular weight is 278 g/mol. The van der Waals surface area contributed by atoms with E-state index in [4.69, 9.17) is 0 Å². The Morgan fingerprint density at radius 2 is 1.80 bits per heavy atom. The number of hydrogen-bond acceptors (Lipinski definition) is 4. The lowest BCUT2D eigenvalue weighted by molar-refractivity contribution is -0.127. The Hall–Kier alpha value is -2.37. The fourth-order valence-electron chi connectivity index (χ4n) is 1.59. The highest BCUT2D eigenvalue weighted by molar-refractivity contribution is 5.89. The lowest BCUT2D eigenvalue weighted by Crippen LogP contribution is -2.43. The van der Waals surface area contributed by atoms with Crippen LogP contribution in [0.4, 0.5) is 0 Å². The normalized spacial score (nSPS) is 11.3. The van der Waals surface area contributed by atoms with Crippen LogP contribution < -0.4 is 10.6 Å². The molecule has 2 amide bonds. The molecule has 0 spiro atoms. The zero-order valence-corrected chi connectivity index (χ0v) is 11.7. The number of methoxy groups -OCH3 is 1. The quantitative estimate of drug-likeness (QED) is 0.773. The van der Waals surface area contributed by atoms with E-state index in [9.17, 15) is 14.4 Å². The second kappa shape index (κ2) is 7.28. The van der Waals surface area contributed by atoms with Gasteiger partial charge in [-0.15, -0.1) is 0 Å². The Bertz CT molecular complexity index is 496. The van der Waals surface area contributed by atoms with Crippen molar-refractivity contribution >= 4 is 17.8 Å². The fourth-order valence-corrected chi connectivity index (χ4v) is 1.59. The smallest absolute Gasteiger partial charge is 0.337 e. The highest BCUT2D eigenvalue weighted by Crippen LogP contribution is 2.05. The van der Waals surface area contributed by atoms with Crippen molar-refractivity contribution < 1.29 is 19.1 Å². The molecule has 0 saturated carbocycles. The van der Waals surface area contributed by atoms with Crippen LogP contribution in [0.3, 0.4) is 0 Å². The molecule has 0 aliphatic rings. The Morgan fingerprint density at radius 1 is 1.20 bits per heavy atom. The van der Waals surface area contributed by atoms with E-state index in [1.807, 2.05) is 0 Å². The molecule has 108 valence electrons. The molecule has 0 bridgehead atoms. The first kappa shape index (κ1) is 15.7. The molecule has 0 aliphatic heterocycles. The van der Waals surface area contributed by atoms with Crippen LogP contribution in [0.1, 0.15) is 29.8 Å². The van der Waals surface area contributed by atoms with Gasteiger partial charge in [-0.05, 0) is 24.6 Å². The van der Waals surface area contributed by atoms with Crippen molar-refractivity contribution in [2.75, 3.05) is 7.11 Å². The molecule has 6 heteroatoms. The Kier molecular flexibility index (Phi) is 5.71. The van der Waals surface area contributed by atoms with Gasteiger partial charge >= 0.3 is 5.97 Å². The van der Waals surface area contributed by atoms with Crippen molar-refractivity contribution in [3.8, 4) is 0 Å². The molecule has 0 heterocycles. The lowest BCUT2D eigenvalue weighted by Gasteiger charge is -2.12. The zero-order chi connectivity index (χ0) is 15.1. The molecule has 0 aromatic heterocycles. The number of nitrogens with one attached hydrogen (secondary N) is 2. The summed E-state index contributed by atoms with van der Waals surface area (Å²) in [6, 6.07) is 6.14. The second-order valence-corrected chi connectivity index (χ2v) is 4.33. The van der Waals surface area contributed by atoms with Crippen molar-refractivity contribution in [2.45, 2.75) is 26.4 Å². The van der Waals surface area contributed by atoms with Gasteiger partial charge in [-0.1, -0.05) is 12.1 Å². The Labute approximate surface area is 117 Å². The topological polar surface area (TPSA) is 84.5 Å². The standard InChI is InChI=1S/C14H18N2O4/c1-9(16-10(2)17)13(18)15-8-11-4-6-12(7-5-11)14(19)20-3/h4-7,9H,8H2,1-3H3,(H,15,18)(H,16,17). The SMILES string of the molecule is COC(=O)c1ccc(CNC(=O)C(C)NC(C)=O)cc1. The lowest BCUT2D eigenvalue weighted by atomic mass is 10.1. The molecule has 0 saturated heterocycles. The minimum atomic E-state index is -0.582. The number of carbonyl (C=O) groups is 3. The molecule has 1 aromatic carbocycles. The van der Waals surface area contributed by atoms with Crippen LogP contribution >= 0.6 is 0 Å². The molecule has 0 radical (unpaired) electrons. The van der Waals surface area contributed by atoms with Crippen LogP contribution in [0.2, 0.25) is 0 Å². The summed E-state index contributed by atoms with van der Waals surface area (Å²) < 4.78 is 4.59. The van der Waals surface area contributed by atoms with Crippen molar-refractivity contribution in [2.24, 2.45) is 0 Å². The molecule has 20 heavy (non-hydrogen) atoms. The largest absolute Gasteiger partial charge is 0.465 e. The van der Waals surface area contributed by atoms with Gasteiger partial charge in [-0.3, -0.25) is 9.59 Å².